The second-order valence-electron chi connectivity index (χ2n) is 4.00. The van der Waals surface area contributed by atoms with E-state index in [9.17, 15) is 13.6 Å². The fourth-order valence-corrected chi connectivity index (χ4v) is 1.64. The highest BCUT2D eigenvalue weighted by atomic mass is 19.3. The zero-order valence-corrected chi connectivity index (χ0v) is 9.54. The summed E-state index contributed by atoms with van der Waals surface area (Å²) in [6.45, 7) is 1.57. The van der Waals surface area contributed by atoms with Gasteiger partial charge in [0.25, 0.3) is 11.8 Å². The van der Waals surface area contributed by atoms with Crippen molar-refractivity contribution in [2.24, 2.45) is 0 Å². The minimum atomic E-state index is -3.24. The lowest BCUT2D eigenvalue weighted by molar-refractivity contribution is -0.122. The molecular weight excluding hydrogens is 242 g/mol. The first-order valence-electron chi connectivity index (χ1n) is 5.31. The van der Waals surface area contributed by atoms with Gasteiger partial charge in [-0.25, -0.2) is 8.78 Å². The number of carbonyl (C=O) groups is 1. The van der Waals surface area contributed by atoms with E-state index >= 15 is 0 Å². The predicted octanol–water partition coefficient (Wildman–Crippen LogP) is 2.41. The maximum Gasteiger partial charge on any atom is 0.286 e. The molecule has 0 saturated heterocycles. The third-order valence-corrected chi connectivity index (χ3v) is 2.63. The van der Waals surface area contributed by atoms with Crippen molar-refractivity contribution in [1.82, 2.24) is 0 Å². The summed E-state index contributed by atoms with van der Waals surface area (Å²) >= 11 is 0. The fourth-order valence-electron chi connectivity index (χ4n) is 1.64. The number of benzene rings is 1. The first-order chi connectivity index (χ1) is 8.44. The van der Waals surface area contributed by atoms with E-state index in [1.54, 1.807) is 6.92 Å². The maximum atomic E-state index is 13.5. The lowest BCUT2D eigenvalue weighted by Crippen LogP contribution is -2.34. The Morgan fingerprint density at radius 2 is 2.28 bits per heavy atom. The van der Waals surface area contributed by atoms with Crippen molar-refractivity contribution in [3.05, 3.63) is 23.8 Å². The fraction of sp³-hybridized carbons (Fsp3) is 0.333. The smallest absolute Gasteiger partial charge is 0.286 e. The van der Waals surface area contributed by atoms with Gasteiger partial charge in [0.05, 0.1) is 11.8 Å². The number of alkyl halides is 2. The molecule has 1 amide bonds. The van der Waals surface area contributed by atoms with Crippen molar-refractivity contribution in [2.45, 2.75) is 25.4 Å². The molecule has 0 aromatic heterocycles. The summed E-state index contributed by atoms with van der Waals surface area (Å²) in [7, 11) is 0. The second kappa shape index (κ2) is 4.26. The first kappa shape index (κ1) is 12.3. The van der Waals surface area contributed by atoms with Gasteiger partial charge in [0.2, 0.25) is 0 Å². The number of nitriles is 1. The van der Waals surface area contributed by atoms with Crippen molar-refractivity contribution in [1.29, 1.82) is 5.26 Å². The molecule has 1 unspecified atom stereocenters. The molecule has 0 aliphatic carbocycles. The molecule has 0 fully saturated rings. The molecule has 1 aliphatic rings. The second-order valence-corrected chi connectivity index (χ2v) is 4.00. The van der Waals surface area contributed by atoms with Crippen LogP contribution in [-0.2, 0) is 10.7 Å². The first-order valence-corrected chi connectivity index (χ1v) is 5.31. The van der Waals surface area contributed by atoms with E-state index < -0.39 is 18.4 Å². The zero-order chi connectivity index (χ0) is 13.3. The summed E-state index contributed by atoms with van der Waals surface area (Å²) in [6, 6.07) is 5.13. The van der Waals surface area contributed by atoms with Gasteiger partial charge in [-0.15, -0.1) is 0 Å². The van der Waals surface area contributed by atoms with Gasteiger partial charge >= 0.3 is 0 Å². The summed E-state index contributed by atoms with van der Waals surface area (Å²) in [5.41, 5.74) is -0.116. The normalized spacial score (nSPS) is 18.3. The Hall–Kier alpha value is -2.16. The number of anilines is 1. The minimum Gasteiger partial charge on any atom is -0.479 e. The molecule has 0 bridgehead atoms. The van der Waals surface area contributed by atoms with Crippen LogP contribution in [0.4, 0.5) is 14.5 Å². The lowest BCUT2D eigenvalue weighted by Gasteiger charge is -2.24. The molecular formula is C12H10F2N2O2. The molecule has 1 aliphatic heterocycles. The molecule has 4 nitrogen and oxygen atoms in total. The molecule has 6 heteroatoms. The summed E-state index contributed by atoms with van der Waals surface area (Å²) in [5, 5.41) is 10.8. The molecule has 94 valence electrons. The van der Waals surface area contributed by atoms with Gasteiger partial charge in [-0.05, 0) is 25.1 Å². The van der Waals surface area contributed by atoms with E-state index in [4.69, 9.17) is 10.00 Å². The van der Waals surface area contributed by atoms with Crippen LogP contribution in [0.5, 0.6) is 5.75 Å². The number of fused-ring (bicyclic) bond motifs is 1. The molecule has 1 aromatic carbocycles. The van der Waals surface area contributed by atoms with E-state index in [1.807, 2.05) is 0 Å². The summed E-state index contributed by atoms with van der Waals surface area (Å²) < 4.78 is 32.3. The van der Waals surface area contributed by atoms with Crippen molar-refractivity contribution in [3.8, 4) is 11.8 Å². The number of hydrogen-bond donors (Lipinski definition) is 1. The number of carbonyl (C=O) groups excluding carboxylic acids is 1. The number of nitrogens with zero attached hydrogens (tertiary/aromatic N) is 1. The van der Waals surface area contributed by atoms with Gasteiger partial charge in [-0.1, -0.05) is 0 Å². The van der Waals surface area contributed by atoms with E-state index in [0.29, 0.717) is 5.75 Å². The third kappa shape index (κ3) is 2.12. The molecule has 2 rings (SSSR count). The molecule has 0 spiro atoms. The van der Waals surface area contributed by atoms with E-state index in [1.165, 1.54) is 18.2 Å². The van der Waals surface area contributed by atoms with Crippen LogP contribution in [-0.4, -0.2) is 12.0 Å². The Morgan fingerprint density at radius 1 is 1.56 bits per heavy atom. The maximum absolute atomic E-state index is 13.5. The largest absolute Gasteiger partial charge is 0.479 e. The summed E-state index contributed by atoms with van der Waals surface area (Å²) in [5.74, 6) is -3.28. The highest BCUT2D eigenvalue weighted by Gasteiger charge is 2.33. The molecule has 0 saturated carbocycles. The number of hydrogen-bond acceptors (Lipinski definition) is 3. The Kier molecular flexibility index (Phi) is 2.91. The van der Waals surface area contributed by atoms with Crippen molar-refractivity contribution >= 4 is 11.6 Å². The molecule has 18 heavy (non-hydrogen) atoms. The number of ether oxygens (including phenoxy) is 1. The molecule has 0 radical (unpaired) electrons. The highest BCUT2D eigenvalue weighted by molar-refractivity contribution is 5.97. The highest BCUT2D eigenvalue weighted by Crippen LogP contribution is 2.37. The van der Waals surface area contributed by atoms with Crippen LogP contribution in [0.25, 0.3) is 0 Å². The molecule has 1 heterocycles. The van der Waals surface area contributed by atoms with Crippen LogP contribution in [0.15, 0.2) is 18.2 Å². The van der Waals surface area contributed by atoms with Crippen molar-refractivity contribution in [3.63, 3.8) is 0 Å². The molecule has 1 atom stereocenters. The Labute approximate surface area is 102 Å². The number of rotatable bonds is 2. The van der Waals surface area contributed by atoms with Crippen molar-refractivity contribution in [2.75, 3.05) is 5.32 Å². The van der Waals surface area contributed by atoms with Gasteiger partial charge in [-0.3, -0.25) is 4.79 Å². The Morgan fingerprint density at radius 3 is 2.94 bits per heavy atom. The number of amides is 1. The minimum absolute atomic E-state index is 0.202. The van der Waals surface area contributed by atoms with Gasteiger partial charge in [0.15, 0.2) is 6.10 Å². The predicted molar refractivity (Wildman–Crippen MR) is 59.3 cm³/mol. The van der Waals surface area contributed by atoms with Crippen LogP contribution in [0.1, 0.15) is 18.9 Å². The van der Waals surface area contributed by atoms with Crippen LogP contribution >= 0.6 is 0 Å². The summed E-state index contributed by atoms with van der Waals surface area (Å²) in [6.07, 6.45) is -1.56. The van der Waals surface area contributed by atoms with Crippen LogP contribution in [0.2, 0.25) is 0 Å². The van der Waals surface area contributed by atoms with E-state index in [0.717, 1.165) is 6.07 Å². The van der Waals surface area contributed by atoms with E-state index in [2.05, 4.69) is 5.32 Å². The lowest BCUT2D eigenvalue weighted by atomic mass is 10.0. The third-order valence-electron chi connectivity index (χ3n) is 2.63. The van der Waals surface area contributed by atoms with Gasteiger partial charge in [0.1, 0.15) is 12.2 Å². The SMILES string of the molecule is CC1Oc2ccc(C(F)(F)CC#N)cc2NC1=O. The van der Waals surface area contributed by atoms with Crippen LogP contribution in [0, 0.1) is 11.3 Å². The van der Waals surface area contributed by atoms with Gasteiger partial charge in [0, 0.05) is 5.56 Å². The molecule has 1 aromatic rings. The number of halogens is 2. The Balaban J connectivity index is 2.37. The Bertz CT molecular complexity index is 537. The average Bonchev–Trinajstić information content (AvgIpc) is 2.30. The van der Waals surface area contributed by atoms with Crippen LogP contribution in [0.3, 0.4) is 0 Å². The van der Waals surface area contributed by atoms with Gasteiger partial charge < -0.3 is 10.1 Å². The van der Waals surface area contributed by atoms with Gasteiger partial charge in [-0.2, -0.15) is 5.26 Å². The standard InChI is InChI=1S/C12H10F2N2O2/c1-7-11(17)16-9-6-8(2-3-10(9)18-7)12(13,14)4-5-15/h2-3,6-7H,4H2,1H3,(H,16,17). The van der Waals surface area contributed by atoms with Crippen molar-refractivity contribution < 1.29 is 18.3 Å². The number of nitrogens with one attached hydrogen (secondary N) is 1. The molecule has 1 N–H and O–H groups in total. The van der Waals surface area contributed by atoms with Crippen LogP contribution < -0.4 is 10.1 Å². The monoisotopic (exact) mass is 252 g/mol. The summed E-state index contributed by atoms with van der Waals surface area (Å²) in [4.78, 5) is 11.4. The zero-order valence-electron chi connectivity index (χ0n) is 9.54. The quantitative estimate of drug-likeness (QED) is 0.879. The topological polar surface area (TPSA) is 62.1 Å². The van der Waals surface area contributed by atoms with E-state index in [-0.39, 0.29) is 17.2 Å². The average molecular weight is 252 g/mol.